The monoisotopic (exact) mass is 419 g/mol. The topological polar surface area (TPSA) is 79.8 Å². The molecule has 0 radical (unpaired) electrons. The highest BCUT2D eigenvalue weighted by Crippen LogP contribution is 2.25. The van der Waals surface area contributed by atoms with Crippen LogP contribution in [0.3, 0.4) is 0 Å². The lowest BCUT2D eigenvalue weighted by atomic mass is 10.3. The van der Waals surface area contributed by atoms with Crippen molar-refractivity contribution in [1.29, 1.82) is 0 Å². The van der Waals surface area contributed by atoms with Crippen LogP contribution < -0.4 is 19.7 Å². The molecule has 1 fully saturated rings. The standard InChI is InChI=1S/C23H25N5O3/c1-17-24-21(16-22(25-17)31-18-8-4-3-5-9-18)27-12-14-28(15-13-27)23(29)26-19-10-6-7-11-20(19)30-2/h3-11,16H,12-15H2,1-2H3,(H,26,29). The average Bonchev–Trinajstić information content (AvgIpc) is 2.80. The van der Waals surface area contributed by atoms with Gasteiger partial charge < -0.3 is 24.6 Å². The van der Waals surface area contributed by atoms with Gasteiger partial charge in [-0.05, 0) is 31.2 Å². The quantitative estimate of drug-likeness (QED) is 0.675. The van der Waals surface area contributed by atoms with Crippen LogP contribution in [0.1, 0.15) is 5.82 Å². The van der Waals surface area contributed by atoms with Gasteiger partial charge in [-0.25, -0.2) is 9.78 Å². The van der Waals surface area contributed by atoms with Crippen molar-refractivity contribution >= 4 is 17.5 Å². The van der Waals surface area contributed by atoms with Gasteiger partial charge in [-0.2, -0.15) is 4.98 Å². The normalized spacial score (nSPS) is 13.6. The molecule has 1 aliphatic heterocycles. The fourth-order valence-electron chi connectivity index (χ4n) is 3.43. The highest BCUT2D eigenvalue weighted by Gasteiger charge is 2.23. The van der Waals surface area contributed by atoms with Crippen molar-refractivity contribution in [3.8, 4) is 17.4 Å². The largest absolute Gasteiger partial charge is 0.495 e. The second-order valence-electron chi connectivity index (χ2n) is 7.13. The van der Waals surface area contributed by atoms with E-state index in [0.29, 0.717) is 49.3 Å². The first kappa shape index (κ1) is 20.5. The summed E-state index contributed by atoms with van der Waals surface area (Å²) in [5.74, 6) is 3.30. The molecule has 4 rings (SSSR count). The number of aryl methyl sites for hydroxylation is 1. The smallest absolute Gasteiger partial charge is 0.322 e. The van der Waals surface area contributed by atoms with Gasteiger partial charge in [-0.1, -0.05) is 30.3 Å². The maximum atomic E-state index is 12.7. The lowest BCUT2D eigenvalue weighted by Gasteiger charge is -2.35. The second-order valence-corrected chi connectivity index (χ2v) is 7.13. The summed E-state index contributed by atoms with van der Waals surface area (Å²) in [7, 11) is 1.59. The van der Waals surface area contributed by atoms with Crippen LogP contribution in [0.25, 0.3) is 0 Å². The number of para-hydroxylation sites is 3. The maximum Gasteiger partial charge on any atom is 0.322 e. The minimum Gasteiger partial charge on any atom is -0.495 e. The van der Waals surface area contributed by atoms with Crippen LogP contribution in [0.2, 0.25) is 0 Å². The molecule has 31 heavy (non-hydrogen) atoms. The first-order valence-electron chi connectivity index (χ1n) is 10.1. The van der Waals surface area contributed by atoms with Crippen LogP contribution in [0.5, 0.6) is 17.4 Å². The zero-order valence-corrected chi connectivity index (χ0v) is 17.6. The summed E-state index contributed by atoms with van der Waals surface area (Å²) in [5, 5.41) is 2.93. The van der Waals surface area contributed by atoms with Gasteiger partial charge in [-0.3, -0.25) is 0 Å². The molecule has 0 spiro atoms. The van der Waals surface area contributed by atoms with Crippen molar-refractivity contribution in [2.24, 2.45) is 0 Å². The third-order valence-electron chi connectivity index (χ3n) is 5.01. The van der Waals surface area contributed by atoms with Crippen LogP contribution >= 0.6 is 0 Å². The van der Waals surface area contributed by atoms with Crippen molar-refractivity contribution in [3.63, 3.8) is 0 Å². The van der Waals surface area contributed by atoms with E-state index in [-0.39, 0.29) is 6.03 Å². The molecule has 8 heteroatoms. The summed E-state index contributed by atoms with van der Waals surface area (Å²) in [4.78, 5) is 25.6. The molecule has 0 atom stereocenters. The SMILES string of the molecule is COc1ccccc1NC(=O)N1CCN(c2cc(Oc3ccccc3)nc(C)n2)CC1. The molecule has 1 aromatic heterocycles. The van der Waals surface area contributed by atoms with E-state index in [2.05, 4.69) is 20.2 Å². The average molecular weight is 419 g/mol. The number of carbonyl (C=O) groups is 1. The molecule has 0 bridgehead atoms. The summed E-state index contributed by atoms with van der Waals surface area (Å²) in [6, 6.07) is 18.6. The van der Waals surface area contributed by atoms with Crippen molar-refractivity contribution in [3.05, 3.63) is 66.5 Å². The van der Waals surface area contributed by atoms with Crippen molar-refractivity contribution < 1.29 is 14.3 Å². The van der Waals surface area contributed by atoms with E-state index in [4.69, 9.17) is 9.47 Å². The molecule has 2 amide bonds. The molecule has 1 aliphatic rings. The predicted octanol–water partition coefficient (Wildman–Crippen LogP) is 3.94. The molecule has 160 valence electrons. The number of nitrogens with zero attached hydrogens (tertiary/aromatic N) is 4. The van der Waals surface area contributed by atoms with Gasteiger partial charge in [0, 0.05) is 32.2 Å². The molecule has 0 saturated carbocycles. The third-order valence-corrected chi connectivity index (χ3v) is 5.01. The molecule has 2 aromatic carbocycles. The van der Waals surface area contributed by atoms with Crippen LogP contribution in [0, 0.1) is 6.92 Å². The molecule has 0 aliphatic carbocycles. The van der Waals surface area contributed by atoms with Crippen molar-refractivity contribution in [2.45, 2.75) is 6.92 Å². The molecule has 3 aromatic rings. The molecular weight excluding hydrogens is 394 g/mol. The van der Waals surface area contributed by atoms with Gasteiger partial charge >= 0.3 is 6.03 Å². The Morgan fingerprint density at radius 2 is 1.68 bits per heavy atom. The molecule has 0 unspecified atom stereocenters. The van der Waals surface area contributed by atoms with E-state index in [1.165, 1.54) is 0 Å². The van der Waals surface area contributed by atoms with E-state index in [1.54, 1.807) is 12.0 Å². The van der Waals surface area contributed by atoms with E-state index in [0.717, 1.165) is 11.6 Å². The Balaban J connectivity index is 1.39. The van der Waals surface area contributed by atoms with E-state index >= 15 is 0 Å². The maximum absolute atomic E-state index is 12.7. The van der Waals surface area contributed by atoms with Crippen LogP contribution in [-0.2, 0) is 0 Å². The number of carbonyl (C=O) groups excluding carboxylic acids is 1. The number of rotatable bonds is 5. The van der Waals surface area contributed by atoms with Gasteiger partial charge in [0.1, 0.15) is 23.1 Å². The first-order valence-corrected chi connectivity index (χ1v) is 10.1. The van der Waals surface area contributed by atoms with Gasteiger partial charge in [0.25, 0.3) is 0 Å². The third kappa shape index (κ3) is 5.03. The van der Waals surface area contributed by atoms with Gasteiger partial charge in [0.15, 0.2) is 0 Å². The minimum atomic E-state index is -0.142. The lowest BCUT2D eigenvalue weighted by molar-refractivity contribution is 0.208. The minimum absolute atomic E-state index is 0.142. The number of methoxy groups -OCH3 is 1. The first-order chi connectivity index (χ1) is 15.1. The fraction of sp³-hybridized carbons (Fsp3) is 0.261. The number of amides is 2. The Morgan fingerprint density at radius 1 is 0.968 bits per heavy atom. The van der Waals surface area contributed by atoms with E-state index in [9.17, 15) is 4.79 Å². The lowest BCUT2D eigenvalue weighted by Crippen LogP contribution is -2.50. The van der Waals surface area contributed by atoms with Crippen molar-refractivity contribution in [2.75, 3.05) is 43.5 Å². The number of anilines is 2. The number of nitrogens with one attached hydrogen (secondary N) is 1. The van der Waals surface area contributed by atoms with E-state index in [1.807, 2.05) is 67.6 Å². The number of aromatic nitrogens is 2. The molecule has 1 saturated heterocycles. The zero-order valence-electron chi connectivity index (χ0n) is 17.6. The molecule has 8 nitrogen and oxygen atoms in total. The van der Waals surface area contributed by atoms with Gasteiger partial charge in [0.2, 0.25) is 5.88 Å². The number of hydrogen-bond acceptors (Lipinski definition) is 6. The number of piperazine rings is 1. The van der Waals surface area contributed by atoms with Crippen LogP contribution in [-0.4, -0.2) is 54.2 Å². The molecule has 2 heterocycles. The number of ether oxygens (including phenoxy) is 2. The van der Waals surface area contributed by atoms with E-state index < -0.39 is 0 Å². The Hall–Kier alpha value is -3.81. The highest BCUT2D eigenvalue weighted by molar-refractivity contribution is 5.91. The Morgan fingerprint density at radius 3 is 2.42 bits per heavy atom. The molecule has 1 N–H and O–H groups in total. The van der Waals surface area contributed by atoms with Crippen LogP contribution in [0.4, 0.5) is 16.3 Å². The number of hydrogen-bond donors (Lipinski definition) is 1. The highest BCUT2D eigenvalue weighted by atomic mass is 16.5. The van der Waals surface area contributed by atoms with Crippen molar-refractivity contribution in [1.82, 2.24) is 14.9 Å². The Bertz CT molecular complexity index is 1040. The fourth-order valence-corrected chi connectivity index (χ4v) is 3.43. The summed E-state index contributed by atoms with van der Waals surface area (Å²) < 4.78 is 11.2. The molecular formula is C23H25N5O3. The summed E-state index contributed by atoms with van der Waals surface area (Å²) >= 11 is 0. The van der Waals surface area contributed by atoms with Gasteiger partial charge in [0.05, 0.1) is 12.8 Å². The summed E-state index contributed by atoms with van der Waals surface area (Å²) in [6.45, 7) is 4.34. The Kier molecular flexibility index (Phi) is 6.16. The van der Waals surface area contributed by atoms with Crippen LogP contribution in [0.15, 0.2) is 60.7 Å². The second kappa shape index (κ2) is 9.34. The summed E-state index contributed by atoms with van der Waals surface area (Å²) in [6.07, 6.45) is 0. The number of urea groups is 1. The van der Waals surface area contributed by atoms with Gasteiger partial charge in [-0.15, -0.1) is 0 Å². The number of benzene rings is 2. The Labute approximate surface area is 181 Å². The zero-order chi connectivity index (χ0) is 21.6. The summed E-state index contributed by atoms with van der Waals surface area (Å²) in [5.41, 5.74) is 0.659. The predicted molar refractivity (Wildman–Crippen MR) is 119 cm³/mol.